The van der Waals surface area contributed by atoms with E-state index in [4.69, 9.17) is 14.6 Å². The summed E-state index contributed by atoms with van der Waals surface area (Å²) in [5, 5.41) is 8.61. The highest BCUT2D eigenvalue weighted by atomic mass is 16.5. The lowest BCUT2D eigenvalue weighted by atomic mass is 10.3. The molecule has 110 valence electrons. The van der Waals surface area contributed by atoms with E-state index >= 15 is 0 Å². The van der Waals surface area contributed by atoms with Crippen LogP contribution in [0.5, 0.6) is 0 Å². The second-order valence-corrected chi connectivity index (χ2v) is 4.41. The molecule has 0 atom stereocenters. The van der Waals surface area contributed by atoms with E-state index in [2.05, 4.69) is 4.90 Å². The van der Waals surface area contributed by atoms with Gasteiger partial charge in [-0.2, -0.15) is 0 Å². The van der Waals surface area contributed by atoms with Crippen molar-refractivity contribution in [3.63, 3.8) is 0 Å². The van der Waals surface area contributed by atoms with Crippen molar-refractivity contribution in [1.29, 1.82) is 0 Å². The van der Waals surface area contributed by atoms with Gasteiger partial charge in [-0.15, -0.1) is 0 Å². The van der Waals surface area contributed by atoms with E-state index in [-0.39, 0.29) is 18.9 Å². The van der Waals surface area contributed by atoms with Crippen molar-refractivity contribution >= 4 is 11.9 Å². The van der Waals surface area contributed by atoms with E-state index < -0.39 is 5.97 Å². The first kappa shape index (κ1) is 15.9. The molecule has 1 heterocycles. The molecule has 7 nitrogen and oxygen atoms in total. The SMILES string of the molecule is COCCOCC(=O)N1CCN(CCC(=O)O)CC1. The van der Waals surface area contributed by atoms with Crippen molar-refractivity contribution in [3.05, 3.63) is 0 Å². The highest BCUT2D eigenvalue weighted by Crippen LogP contribution is 2.03. The molecule has 1 aliphatic heterocycles. The van der Waals surface area contributed by atoms with Gasteiger partial charge in [-0.3, -0.25) is 14.5 Å². The molecular weight excluding hydrogens is 252 g/mol. The third-order valence-electron chi connectivity index (χ3n) is 3.02. The number of ether oxygens (including phenoxy) is 2. The number of carbonyl (C=O) groups is 2. The summed E-state index contributed by atoms with van der Waals surface area (Å²) >= 11 is 0. The lowest BCUT2D eigenvalue weighted by Gasteiger charge is -2.34. The minimum Gasteiger partial charge on any atom is -0.481 e. The lowest BCUT2D eigenvalue weighted by molar-refractivity contribution is -0.140. The number of rotatable bonds is 8. The van der Waals surface area contributed by atoms with E-state index in [1.807, 2.05) is 0 Å². The monoisotopic (exact) mass is 274 g/mol. The Morgan fingerprint density at radius 1 is 1.16 bits per heavy atom. The third-order valence-corrected chi connectivity index (χ3v) is 3.02. The van der Waals surface area contributed by atoms with Gasteiger partial charge < -0.3 is 19.5 Å². The maximum atomic E-state index is 11.8. The molecule has 19 heavy (non-hydrogen) atoms. The number of carbonyl (C=O) groups excluding carboxylic acids is 1. The molecule has 1 amide bonds. The van der Waals surface area contributed by atoms with Crippen LogP contribution in [0.25, 0.3) is 0 Å². The number of hydrogen-bond acceptors (Lipinski definition) is 5. The predicted octanol–water partition coefficient (Wildman–Crippen LogP) is -0.732. The van der Waals surface area contributed by atoms with Crippen molar-refractivity contribution < 1.29 is 24.2 Å². The number of amides is 1. The zero-order chi connectivity index (χ0) is 14.1. The van der Waals surface area contributed by atoms with Crippen molar-refractivity contribution in [1.82, 2.24) is 9.80 Å². The van der Waals surface area contributed by atoms with E-state index in [1.165, 1.54) is 0 Å². The smallest absolute Gasteiger partial charge is 0.304 e. The van der Waals surface area contributed by atoms with Gasteiger partial charge in [-0.1, -0.05) is 0 Å². The highest BCUT2D eigenvalue weighted by Gasteiger charge is 2.21. The average Bonchev–Trinajstić information content (AvgIpc) is 2.41. The molecule has 7 heteroatoms. The molecule has 0 bridgehead atoms. The third kappa shape index (κ3) is 6.51. The zero-order valence-electron chi connectivity index (χ0n) is 11.3. The Balaban J connectivity index is 2.14. The van der Waals surface area contributed by atoms with Gasteiger partial charge in [-0.05, 0) is 0 Å². The van der Waals surface area contributed by atoms with Crippen molar-refractivity contribution in [2.45, 2.75) is 6.42 Å². The minimum absolute atomic E-state index is 0.0195. The molecule has 1 saturated heterocycles. The van der Waals surface area contributed by atoms with Crippen LogP contribution in [0.1, 0.15) is 6.42 Å². The maximum absolute atomic E-state index is 11.8. The summed E-state index contributed by atoms with van der Waals surface area (Å²) in [6.07, 6.45) is 0.147. The van der Waals surface area contributed by atoms with Gasteiger partial charge in [0.2, 0.25) is 5.91 Å². The standard InChI is InChI=1S/C12H22N2O5/c1-18-8-9-19-10-11(15)14-6-4-13(5-7-14)3-2-12(16)17/h2-10H2,1H3,(H,16,17). The molecule has 0 radical (unpaired) electrons. The quantitative estimate of drug-likeness (QED) is 0.588. The second kappa shape index (κ2) is 8.84. The van der Waals surface area contributed by atoms with Crippen LogP contribution >= 0.6 is 0 Å². The minimum atomic E-state index is -0.787. The van der Waals surface area contributed by atoms with Gasteiger partial charge >= 0.3 is 5.97 Å². The summed E-state index contributed by atoms with van der Waals surface area (Å²) in [7, 11) is 1.58. The Labute approximate surface area is 113 Å². The summed E-state index contributed by atoms with van der Waals surface area (Å²) < 4.78 is 10.0. The number of hydrogen-bond donors (Lipinski definition) is 1. The Hall–Kier alpha value is -1.18. The molecule has 1 fully saturated rings. The summed E-state index contributed by atoms with van der Waals surface area (Å²) in [5.74, 6) is -0.806. The summed E-state index contributed by atoms with van der Waals surface area (Å²) in [5.41, 5.74) is 0. The normalized spacial score (nSPS) is 16.6. The Morgan fingerprint density at radius 2 is 1.84 bits per heavy atom. The number of carboxylic acid groups (broad SMARTS) is 1. The van der Waals surface area contributed by atoms with Gasteiger partial charge in [-0.25, -0.2) is 0 Å². The molecule has 0 aromatic heterocycles. The fourth-order valence-corrected chi connectivity index (χ4v) is 1.87. The molecule has 0 spiro atoms. The molecule has 0 saturated carbocycles. The highest BCUT2D eigenvalue weighted by molar-refractivity contribution is 5.77. The molecule has 0 aromatic carbocycles. The Kier molecular flexibility index (Phi) is 7.39. The van der Waals surface area contributed by atoms with Gasteiger partial charge in [0.15, 0.2) is 0 Å². The number of nitrogens with zero attached hydrogens (tertiary/aromatic N) is 2. The number of carboxylic acids is 1. The van der Waals surface area contributed by atoms with Gasteiger partial charge in [0.25, 0.3) is 0 Å². The van der Waals surface area contributed by atoms with Crippen LogP contribution in [0.15, 0.2) is 0 Å². The fourth-order valence-electron chi connectivity index (χ4n) is 1.87. The number of aliphatic carboxylic acids is 1. The van der Waals surface area contributed by atoms with Gasteiger partial charge in [0, 0.05) is 39.8 Å². The summed E-state index contributed by atoms with van der Waals surface area (Å²) in [6, 6.07) is 0. The zero-order valence-corrected chi connectivity index (χ0v) is 11.3. The van der Waals surface area contributed by atoms with E-state index in [1.54, 1.807) is 12.0 Å². The first-order valence-electron chi connectivity index (χ1n) is 6.42. The first-order chi connectivity index (χ1) is 9.13. The summed E-state index contributed by atoms with van der Waals surface area (Å²) in [4.78, 5) is 26.1. The van der Waals surface area contributed by atoms with Crippen LogP contribution in [-0.4, -0.2) is 86.4 Å². The van der Waals surface area contributed by atoms with Gasteiger partial charge in [0.05, 0.1) is 19.6 Å². The van der Waals surface area contributed by atoms with Crippen molar-refractivity contribution in [3.8, 4) is 0 Å². The molecule has 0 unspecified atom stereocenters. The molecule has 0 aliphatic carbocycles. The predicted molar refractivity (Wildman–Crippen MR) is 68.0 cm³/mol. The van der Waals surface area contributed by atoms with E-state index in [0.29, 0.717) is 32.8 Å². The number of methoxy groups -OCH3 is 1. The summed E-state index contributed by atoms with van der Waals surface area (Å²) in [6.45, 7) is 4.23. The van der Waals surface area contributed by atoms with Crippen LogP contribution in [0.3, 0.4) is 0 Å². The van der Waals surface area contributed by atoms with Crippen LogP contribution < -0.4 is 0 Å². The number of piperazine rings is 1. The average molecular weight is 274 g/mol. The largest absolute Gasteiger partial charge is 0.481 e. The molecule has 0 aromatic rings. The van der Waals surface area contributed by atoms with Crippen LogP contribution in [0, 0.1) is 0 Å². The lowest BCUT2D eigenvalue weighted by Crippen LogP contribution is -2.50. The molecule has 1 rings (SSSR count). The van der Waals surface area contributed by atoms with Crippen LogP contribution in [0.4, 0.5) is 0 Å². The van der Waals surface area contributed by atoms with Crippen molar-refractivity contribution in [2.75, 3.05) is 59.7 Å². The van der Waals surface area contributed by atoms with Crippen LogP contribution in [-0.2, 0) is 19.1 Å². The van der Waals surface area contributed by atoms with Crippen LogP contribution in [0.2, 0.25) is 0 Å². The molecule has 1 N–H and O–H groups in total. The topological polar surface area (TPSA) is 79.3 Å². The maximum Gasteiger partial charge on any atom is 0.304 e. The second-order valence-electron chi connectivity index (χ2n) is 4.41. The van der Waals surface area contributed by atoms with E-state index in [0.717, 1.165) is 13.1 Å². The fraction of sp³-hybridized carbons (Fsp3) is 0.833. The Morgan fingerprint density at radius 3 is 2.42 bits per heavy atom. The van der Waals surface area contributed by atoms with E-state index in [9.17, 15) is 9.59 Å². The van der Waals surface area contributed by atoms with Crippen molar-refractivity contribution in [2.24, 2.45) is 0 Å². The molecular formula is C12H22N2O5. The first-order valence-corrected chi connectivity index (χ1v) is 6.42. The van der Waals surface area contributed by atoms with Gasteiger partial charge in [0.1, 0.15) is 6.61 Å². The Bertz CT molecular complexity index is 290. The molecule has 1 aliphatic rings.